The molecule has 2 heteroatoms. The molecule has 0 aliphatic carbocycles. The van der Waals surface area contributed by atoms with Gasteiger partial charge < -0.3 is 4.74 Å². The summed E-state index contributed by atoms with van der Waals surface area (Å²) >= 11 is 6.84. The van der Waals surface area contributed by atoms with Crippen LogP contribution in [0.1, 0.15) is 44.7 Å². The highest BCUT2D eigenvalue weighted by atomic mass is 35.5. The van der Waals surface area contributed by atoms with Crippen molar-refractivity contribution in [3.8, 4) is 11.5 Å². The predicted molar refractivity (Wildman–Crippen MR) is 90.4 cm³/mol. The first-order valence-electron chi connectivity index (χ1n) is 7.68. The summed E-state index contributed by atoms with van der Waals surface area (Å²) in [7, 11) is 0. The zero-order valence-electron chi connectivity index (χ0n) is 13.0. The number of hydrogen-bond donors (Lipinski definition) is 0. The number of halogens is 1. The van der Waals surface area contributed by atoms with Crippen molar-refractivity contribution < 1.29 is 4.74 Å². The summed E-state index contributed by atoms with van der Waals surface area (Å²) in [6.45, 7) is 6.43. The van der Waals surface area contributed by atoms with Gasteiger partial charge in [-0.15, -0.1) is 11.6 Å². The Bertz CT molecular complexity index is 573. The van der Waals surface area contributed by atoms with Gasteiger partial charge in [-0.3, -0.25) is 0 Å². The fraction of sp³-hybridized carbons (Fsp3) is 0.368. The first kappa shape index (κ1) is 15.9. The fourth-order valence-corrected chi connectivity index (χ4v) is 2.87. The molecule has 0 atom stereocenters. The summed E-state index contributed by atoms with van der Waals surface area (Å²) in [6, 6.07) is 16.1. The van der Waals surface area contributed by atoms with Crippen molar-refractivity contribution in [3.05, 3.63) is 59.7 Å². The van der Waals surface area contributed by atoms with Crippen LogP contribution in [-0.2, 0) is 11.3 Å². The van der Waals surface area contributed by atoms with E-state index in [1.165, 1.54) is 11.1 Å². The highest BCUT2D eigenvalue weighted by molar-refractivity contribution is 6.24. The van der Waals surface area contributed by atoms with Gasteiger partial charge in [-0.25, -0.2) is 0 Å². The maximum absolute atomic E-state index is 6.84. The zero-order valence-corrected chi connectivity index (χ0v) is 13.8. The summed E-state index contributed by atoms with van der Waals surface area (Å²) in [5.74, 6) is 1.77. The van der Waals surface area contributed by atoms with Crippen LogP contribution in [0.5, 0.6) is 11.5 Å². The molecule has 0 aromatic heterocycles. The topological polar surface area (TPSA) is 9.23 Å². The quantitative estimate of drug-likeness (QED) is 0.569. The fourth-order valence-electron chi connectivity index (χ4n) is 2.69. The molecule has 0 radical (unpaired) electrons. The standard InChI is InChI=1S/C19H23ClO/c1-4-16-17(19(20,5-2)6-3)13-10-14-18(16)21-15-11-8-7-9-12-15/h7-14H,4-6H2,1-3H3. The van der Waals surface area contributed by atoms with Gasteiger partial charge in [0.05, 0.1) is 4.87 Å². The van der Waals surface area contributed by atoms with Crippen molar-refractivity contribution in [2.75, 3.05) is 0 Å². The molecule has 0 aliphatic heterocycles. The highest BCUT2D eigenvalue weighted by Crippen LogP contribution is 2.41. The molecule has 0 N–H and O–H groups in total. The predicted octanol–water partition coefficient (Wildman–Crippen LogP) is 6.30. The Labute approximate surface area is 132 Å². The molecule has 0 saturated heterocycles. The third-order valence-electron chi connectivity index (χ3n) is 4.06. The largest absolute Gasteiger partial charge is 0.457 e. The number of alkyl halides is 1. The molecule has 0 fully saturated rings. The van der Waals surface area contributed by atoms with Crippen LogP contribution in [0.25, 0.3) is 0 Å². The van der Waals surface area contributed by atoms with Crippen LogP contribution >= 0.6 is 11.6 Å². The van der Waals surface area contributed by atoms with E-state index in [0.717, 1.165) is 30.8 Å². The summed E-state index contributed by atoms with van der Waals surface area (Å²) in [5, 5.41) is 0. The van der Waals surface area contributed by atoms with Crippen molar-refractivity contribution in [2.45, 2.75) is 44.9 Å². The summed E-state index contributed by atoms with van der Waals surface area (Å²) in [5.41, 5.74) is 2.41. The van der Waals surface area contributed by atoms with E-state index in [1.54, 1.807) is 0 Å². The van der Waals surface area contributed by atoms with Crippen LogP contribution in [0.4, 0.5) is 0 Å². The molecule has 2 rings (SSSR count). The van der Waals surface area contributed by atoms with Gasteiger partial charge in [0.2, 0.25) is 0 Å². The molecule has 21 heavy (non-hydrogen) atoms. The van der Waals surface area contributed by atoms with E-state index >= 15 is 0 Å². The van der Waals surface area contributed by atoms with Gasteiger partial charge in [0.1, 0.15) is 11.5 Å². The van der Waals surface area contributed by atoms with Gasteiger partial charge in [0.25, 0.3) is 0 Å². The van der Waals surface area contributed by atoms with Crippen LogP contribution < -0.4 is 4.74 Å². The number of rotatable bonds is 6. The summed E-state index contributed by atoms with van der Waals surface area (Å²) < 4.78 is 6.07. The van der Waals surface area contributed by atoms with Crippen molar-refractivity contribution in [1.82, 2.24) is 0 Å². The highest BCUT2D eigenvalue weighted by Gasteiger charge is 2.28. The molecule has 2 aromatic rings. The Morgan fingerprint density at radius 1 is 0.905 bits per heavy atom. The van der Waals surface area contributed by atoms with Crippen molar-refractivity contribution in [3.63, 3.8) is 0 Å². The lowest BCUT2D eigenvalue weighted by Gasteiger charge is -2.28. The monoisotopic (exact) mass is 302 g/mol. The van der Waals surface area contributed by atoms with Gasteiger partial charge in [-0.1, -0.05) is 51.1 Å². The lowest BCUT2D eigenvalue weighted by molar-refractivity contribution is 0.471. The Morgan fingerprint density at radius 2 is 1.57 bits per heavy atom. The summed E-state index contributed by atoms with van der Waals surface area (Å²) in [6.07, 6.45) is 2.73. The van der Waals surface area contributed by atoms with Crippen LogP contribution in [0.2, 0.25) is 0 Å². The van der Waals surface area contributed by atoms with Crippen LogP contribution in [0.15, 0.2) is 48.5 Å². The average molecular weight is 303 g/mol. The Kier molecular flexibility index (Phi) is 5.30. The van der Waals surface area contributed by atoms with E-state index in [-0.39, 0.29) is 4.87 Å². The first-order valence-corrected chi connectivity index (χ1v) is 8.06. The molecule has 0 saturated carbocycles. The number of para-hydroxylation sites is 1. The van der Waals surface area contributed by atoms with Crippen LogP contribution in [-0.4, -0.2) is 0 Å². The minimum atomic E-state index is -0.304. The van der Waals surface area contributed by atoms with Crippen molar-refractivity contribution in [2.24, 2.45) is 0 Å². The van der Waals surface area contributed by atoms with E-state index in [9.17, 15) is 0 Å². The Hall–Kier alpha value is -1.47. The van der Waals surface area contributed by atoms with E-state index in [0.29, 0.717) is 0 Å². The second-order valence-corrected chi connectivity index (χ2v) is 5.95. The molecule has 0 aliphatic rings. The third kappa shape index (κ3) is 3.41. The number of hydrogen-bond acceptors (Lipinski definition) is 1. The zero-order chi connectivity index (χ0) is 15.3. The van der Waals surface area contributed by atoms with E-state index in [4.69, 9.17) is 16.3 Å². The molecular weight excluding hydrogens is 280 g/mol. The second-order valence-electron chi connectivity index (χ2n) is 5.22. The average Bonchev–Trinajstić information content (AvgIpc) is 2.55. The third-order valence-corrected chi connectivity index (χ3v) is 4.80. The first-order chi connectivity index (χ1) is 10.1. The smallest absolute Gasteiger partial charge is 0.130 e. The molecule has 0 bridgehead atoms. The van der Waals surface area contributed by atoms with Gasteiger partial charge in [0, 0.05) is 0 Å². The molecule has 112 valence electrons. The van der Waals surface area contributed by atoms with Gasteiger partial charge in [-0.05, 0) is 48.6 Å². The van der Waals surface area contributed by atoms with Gasteiger partial charge in [0.15, 0.2) is 0 Å². The van der Waals surface area contributed by atoms with Crippen molar-refractivity contribution in [1.29, 1.82) is 0 Å². The van der Waals surface area contributed by atoms with E-state index in [1.807, 2.05) is 42.5 Å². The lowest BCUT2D eigenvalue weighted by Crippen LogP contribution is -2.18. The minimum absolute atomic E-state index is 0.304. The second kappa shape index (κ2) is 7.00. The molecule has 0 amide bonds. The molecule has 0 spiro atoms. The lowest BCUT2D eigenvalue weighted by atomic mass is 9.87. The minimum Gasteiger partial charge on any atom is -0.457 e. The van der Waals surface area contributed by atoms with Gasteiger partial charge in [-0.2, -0.15) is 0 Å². The van der Waals surface area contributed by atoms with Crippen LogP contribution in [0.3, 0.4) is 0 Å². The molecule has 2 aromatic carbocycles. The Morgan fingerprint density at radius 3 is 2.14 bits per heavy atom. The van der Waals surface area contributed by atoms with E-state index in [2.05, 4.69) is 26.8 Å². The van der Waals surface area contributed by atoms with E-state index < -0.39 is 0 Å². The summed E-state index contributed by atoms with van der Waals surface area (Å²) in [4.78, 5) is -0.304. The van der Waals surface area contributed by atoms with Crippen molar-refractivity contribution >= 4 is 11.6 Å². The number of benzene rings is 2. The maximum atomic E-state index is 6.84. The molecule has 0 unspecified atom stereocenters. The van der Waals surface area contributed by atoms with Gasteiger partial charge >= 0.3 is 0 Å². The maximum Gasteiger partial charge on any atom is 0.130 e. The molecule has 0 heterocycles. The number of ether oxygens (including phenoxy) is 1. The Balaban J connectivity index is 2.44. The molecular formula is C19H23ClO. The van der Waals surface area contributed by atoms with Crippen LogP contribution in [0, 0.1) is 0 Å². The molecule has 1 nitrogen and oxygen atoms in total. The normalized spacial score (nSPS) is 11.4. The SMILES string of the molecule is CCc1c(Oc2ccccc2)cccc1C(Cl)(CC)CC.